The molecular weight excluding hydrogens is 318 g/mol. The maximum Gasteiger partial charge on any atom is 0.225 e. The summed E-state index contributed by atoms with van der Waals surface area (Å²) in [6.45, 7) is 8.11. The molecule has 0 saturated carbocycles. The molecule has 124 valence electrons. The van der Waals surface area contributed by atoms with E-state index in [0.717, 1.165) is 21.8 Å². The molecule has 0 fully saturated rings. The molecule has 0 spiro atoms. The first-order chi connectivity index (χ1) is 11.7. The average Bonchev–Trinajstić information content (AvgIpc) is 3.04. The van der Waals surface area contributed by atoms with Crippen LogP contribution in [0, 0.1) is 0 Å². The summed E-state index contributed by atoms with van der Waals surface area (Å²) in [4.78, 5) is 14.3. The summed E-state index contributed by atoms with van der Waals surface area (Å²) in [6, 6.07) is 9.90. The molecule has 2 aromatic heterocycles. The van der Waals surface area contributed by atoms with Gasteiger partial charge in [-0.2, -0.15) is 4.98 Å². The number of aromatic nitrogens is 4. The summed E-state index contributed by atoms with van der Waals surface area (Å²) in [6.07, 6.45) is 5.51. The van der Waals surface area contributed by atoms with Gasteiger partial charge in [-0.05, 0) is 37.5 Å². The van der Waals surface area contributed by atoms with Crippen molar-refractivity contribution in [2.75, 3.05) is 5.32 Å². The number of thioether (sulfide) groups is 1. The van der Waals surface area contributed by atoms with Gasteiger partial charge < -0.3 is 5.32 Å². The molecule has 3 aromatic rings. The van der Waals surface area contributed by atoms with Gasteiger partial charge in [0.2, 0.25) is 5.95 Å². The van der Waals surface area contributed by atoms with E-state index in [1.54, 1.807) is 24.3 Å². The summed E-state index contributed by atoms with van der Waals surface area (Å²) in [5, 5.41) is 5.30. The van der Waals surface area contributed by atoms with Crippen LogP contribution in [-0.2, 0) is 0 Å². The van der Waals surface area contributed by atoms with E-state index >= 15 is 0 Å². The Labute approximate surface area is 147 Å². The highest BCUT2D eigenvalue weighted by molar-refractivity contribution is 8.05. The number of benzene rings is 1. The van der Waals surface area contributed by atoms with Crippen LogP contribution in [0.2, 0.25) is 0 Å². The van der Waals surface area contributed by atoms with Crippen molar-refractivity contribution >= 4 is 28.7 Å². The quantitative estimate of drug-likeness (QED) is 0.709. The van der Waals surface area contributed by atoms with Crippen molar-refractivity contribution in [3.63, 3.8) is 0 Å². The van der Waals surface area contributed by atoms with E-state index in [2.05, 4.69) is 26.8 Å². The Balaban J connectivity index is 0.00000225. The van der Waals surface area contributed by atoms with Gasteiger partial charge in [-0.15, -0.1) is 11.8 Å². The first-order valence-corrected chi connectivity index (χ1v) is 8.55. The molecule has 0 radical (unpaired) electrons. The van der Waals surface area contributed by atoms with Crippen molar-refractivity contribution in [1.82, 2.24) is 19.5 Å². The number of para-hydroxylation sites is 2. The number of nitrogens with zero attached hydrogens (tertiary/aromatic N) is 4. The Morgan fingerprint density at radius 2 is 2.17 bits per heavy atom. The molecule has 6 heteroatoms. The molecule has 0 amide bonds. The summed E-state index contributed by atoms with van der Waals surface area (Å²) >= 11 is 1.60. The number of hydrogen-bond acceptors (Lipinski definition) is 5. The highest BCUT2D eigenvalue weighted by atomic mass is 32.2. The lowest BCUT2D eigenvalue weighted by atomic mass is 10.3. The van der Waals surface area contributed by atoms with Gasteiger partial charge in [-0.25, -0.2) is 9.97 Å². The molecule has 0 aliphatic heterocycles. The largest absolute Gasteiger partial charge is 0.347 e. The molecule has 3 rings (SSSR count). The van der Waals surface area contributed by atoms with Crippen molar-refractivity contribution in [3.8, 4) is 5.82 Å². The molecule has 2 heterocycles. The average molecular weight is 339 g/mol. The SMILES string of the molecule is C=C(S/C=C\C)C(C)Nc1nccc(-n2cnc3ccccc32)n1.[HH]. The van der Waals surface area contributed by atoms with Crippen LogP contribution in [-0.4, -0.2) is 25.6 Å². The van der Waals surface area contributed by atoms with Crippen LogP contribution < -0.4 is 5.32 Å². The monoisotopic (exact) mass is 339 g/mol. The van der Waals surface area contributed by atoms with Crippen LogP contribution in [0.1, 0.15) is 15.3 Å². The third kappa shape index (κ3) is 3.49. The molecule has 1 aromatic carbocycles. The van der Waals surface area contributed by atoms with Crippen molar-refractivity contribution in [2.24, 2.45) is 0 Å². The van der Waals surface area contributed by atoms with Crippen molar-refractivity contribution in [2.45, 2.75) is 19.9 Å². The van der Waals surface area contributed by atoms with Gasteiger partial charge in [-0.3, -0.25) is 4.57 Å². The molecular formula is C18H21N5S. The molecule has 0 saturated heterocycles. The minimum Gasteiger partial charge on any atom is -0.347 e. The van der Waals surface area contributed by atoms with Crippen molar-refractivity contribution in [3.05, 3.63) is 65.8 Å². The number of hydrogen-bond donors (Lipinski definition) is 1. The number of allylic oxidation sites excluding steroid dienone is 1. The first-order valence-electron chi connectivity index (χ1n) is 7.67. The lowest BCUT2D eigenvalue weighted by Gasteiger charge is -2.15. The van der Waals surface area contributed by atoms with Gasteiger partial charge in [0.1, 0.15) is 12.1 Å². The predicted octanol–water partition coefficient (Wildman–Crippen LogP) is 4.64. The number of imidazole rings is 1. The Bertz CT molecular complexity index is 890. The molecule has 0 aliphatic rings. The number of anilines is 1. The van der Waals surface area contributed by atoms with E-state index in [-0.39, 0.29) is 7.47 Å². The minimum atomic E-state index is 0. The maximum atomic E-state index is 4.60. The third-order valence-electron chi connectivity index (χ3n) is 3.53. The van der Waals surface area contributed by atoms with E-state index in [1.165, 1.54) is 0 Å². The van der Waals surface area contributed by atoms with Crippen LogP contribution in [0.4, 0.5) is 5.95 Å². The Morgan fingerprint density at radius 3 is 3.00 bits per heavy atom. The number of fused-ring (bicyclic) bond motifs is 1. The van der Waals surface area contributed by atoms with Gasteiger partial charge in [0.05, 0.1) is 17.1 Å². The Hall–Kier alpha value is -2.60. The highest BCUT2D eigenvalue weighted by Gasteiger charge is 2.10. The number of nitrogens with one attached hydrogen (secondary N) is 1. The standard InChI is InChI=1S/C18H19N5S.H2/c1-4-11-24-14(3)13(2)21-18-19-10-9-17(22-18)23-12-20-15-7-5-6-8-16(15)23;/h4-13H,3H2,1-2H3,(H,19,21,22);1H/b11-4-;. The van der Waals surface area contributed by atoms with E-state index < -0.39 is 0 Å². The molecule has 1 unspecified atom stereocenters. The van der Waals surface area contributed by atoms with Crippen LogP contribution >= 0.6 is 11.8 Å². The lowest BCUT2D eigenvalue weighted by Crippen LogP contribution is -2.18. The fourth-order valence-electron chi connectivity index (χ4n) is 2.23. The zero-order valence-corrected chi connectivity index (χ0v) is 14.5. The van der Waals surface area contributed by atoms with Gasteiger partial charge in [-0.1, -0.05) is 24.8 Å². The topological polar surface area (TPSA) is 55.6 Å². The van der Waals surface area contributed by atoms with Gasteiger partial charge in [0.15, 0.2) is 0 Å². The number of rotatable bonds is 6. The van der Waals surface area contributed by atoms with E-state index in [9.17, 15) is 0 Å². The Kier molecular flexibility index (Phi) is 4.96. The second-order valence-electron chi connectivity index (χ2n) is 5.26. The Morgan fingerprint density at radius 1 is 1.33 bits per heavy atom. The third-order valence-corrected chi connectivity index (χ3v) is 4.59. The van der Waals surface area contributed by atoms with Crippen LogP contribution in [0.3, 0.4) is 0 Å². The van der Waals surface area contributed by atoms with Gasteiger partial charge >= 0.3 is 0 Å². The summed E-state index contributed by atoms with van der Waals surface area (Å²) < 4.78 is 1.95. The van der Waals surface area contributed by atoms with Crippen LogP contribution in [0.25, 0.3) is 16.9 Å². The van der Waals surface area contributed by atoms with Crippen molar-refractivity contribution < 1.29 is 1.43 Å². The lowest BCUT2D eigenvalue weighted by molar-refractivity contribution is 0.925. The summed E-state index contributed by atoms with van der Waals surface area (Å²) in [5.41, 5.74) is 1.96. The highest BCUT2D eigenvalue weighted by Crippen LogP contribution is 2.21. The van der Waals surface area contributed by atoms with E-state index in [0.29, 0.717) is 5.95 Å². The fraction of sp³-hybridized carbons (Fsp3) is 0.167. The molecule has 5 nitrogen and oxygen atoms in total. The predicted molar refractivity (Wildman–Crippen MR) is 103 cm³/mol. The van der Waals surface area contributed by atoms with Crippen LogP contribution in [0.5, 0.6) is 0 Å². The minimum absolute atomic E-state index is 0. The van der Waals surface area contributed by atoms with Crippen LogP contribution in [0.15, 0.2) is 65.8 Å². The second kappa shape index (κ2) is 7.31. The van der Waals surface area contributed by atoms with Gasteiger partial charge in [0.25, 0.3) is 0 Å². The van der Waals surface area contributed by atoms with E-state index in [4.69, 9.17) is 0 Å². The molecule has 24 heavy (non-hydrogen) atoms. The molecule has 0 bridgehead atoms. The smallest absolute Gasteiger partial charge is 0.225 e. The first kappa shape index (κ1) is 16.3. The summed E-state index contributed by atoms with van der Waals surface area (Å²) in [7, 11) is 0. The molecule has 1 N–H and O–H groups in total. The van der Waals surface area contributed by atoms with Crippen molar-refractivity contribution in [1.29, 1.82) is 0 Å². The molecule has 0 aliphatic carbocycles. The zero-order valence-electron chi connectivity index (χ0n) is 13.7. The zero-order chi connectivity index (χ0) is 16.9. The maximum absolute atomic E-state index is 4.60. The van der Waals surface area contributed by atoms with Gasteiger partial charge in [0, 0.05) is 12.5 Å². The fourth-order valence-corrected chi connectivity index (χ4v) is 2.80. The summed E-state index contributed by atoms with van der Waals surface area (Å²) in [5.74, 6) is 1.35. The van der Waals surface area contributed by atoms with E-state index in [1.807, 2.05) is 60.2 Å². The molecule has 1 atom stereocenters. The second-order valence-corrected chi connectivity index (χ2v) is 6.29. The normalized spacial score (nSPS) is 12.6.